The number of carbonyl (C=O) groups excluding carboxylic acids is 2. The number of carboxylic acids is 1. The number of carboxylic acid groups (broad SMARTS) is 1. The van der Waals surface area contributed by atoms with Crippen molar-refractivity contribution in [1.29, 1.82) is 0 Å². The van der Waals surface area contributed by atoms with Crippen molar-refractivity contribution in [3.8, 4) is 0 Å². The van der Waals surface area contributed by atoms with Crippen molar-refractivity contribution in [2.75, 3.05) is 6.54 Å². The van der Waals surface area contributed by atoms with Crippen LogP contribution >= 0.6 is 23.1 Å². The maximum atomic E-state index is 13.5. The number of thioether (sulfide) groups is 1. The molecule has 2 saturated carbocycles. The Labute approximate surface area is 217 Å². The third kappa shape index (κ3) is 3.53. The topological polar surface area (TPSA) is 108 Å². The Hall–Kier alpha value is -2.39. The molecule has 2 bridgehead atoms. The number of nitrogens with zero attached hydrogens (tertiary/aromatic N) is 1. The second-order valence-electron chi connectivity index (χ2n) is 11.7. The van der Waals surface area contributed by atoms with E-state index in [9.17, 15) is 19.2 Å². The molecule has 9 heteroatoms. The van der Waals surface area contributed by atoms with Gasteiger partial charge in [0.2, 0.25) is 11.8 Å². The van der Waals surface area contributed by atoms with E-state index in [-0.39, 0.29) is 82.2 Å². The molecule has 0 radical (unpaired) electrons. The van der Waals surface area contributed by atoms with Gasteiger partial charge in [-0.25, -0.2) is 0 Å². The number of imide groups is 1. The van der Waals surface area contributed by atoms with Gasteiger partial charge in [-0.3, -0.25) is 24.1 Å². The third-order valence-electron chi connectivity index (χ3n) is 8.72. The molecule has 3 fully saturated rings. The van der Waals surface area contributed by atoms with E-state index >= 15 is 0 Å². The zero-order valence-corrected chi connectivity index (χ0v) is 22.2. The number of thiazole rings is 1. The molecule has 190 valence electrons. The first-order valence-corrected chi connectivity index (χ1v) is 14.3. The SMILES string of the molecule is CC(C)(C)c1ccc([C@@H]2c3sc(=O)[nH]c3S[C@@H]3[C@H]4C[C@@H]([C@@H]5C(=O)N(CCCC(=O)O)C(=O)[C@@H]45)[C@H]23)cc1. The number of rotatable bonds is 5. The number of benzene rings is 1. The largest absolute Gasteiger partial charge is 0.481 e. The smallest absolute Gasteiger partial charge is 0.305 e. The number of likely N-dealkylation sites (tertiary alicyclic amines) is 1. The van der Waals surface area contributed by atoms with Gasteiger partial charge >= 0.3 is 10.8 Å². The number of fused-ring (bicyclic) bond motifs is 9. The zero-order chi connectivity index (χ0) is 25.5. The molecule has 7 atom stereocenters. The summed E-state index contributed by atoms with van der Waals surface area (Å²) in [4.78, 5) is 55.6. The normalized spacial score (nSPS) is 32.5. The number of nitrogens with one attached hydrogen (secondary N) is 1. The lowest BCUT2D eigenvalue weighted by Gasteiger charge is -2.43. The Morgan fingerprint density at radius 2 is 1.75 bits per heavy atom. The number of aliphatic carboxylic acids is 1. The highest BCUT2D eigenvalue weighted by atomic mass is 32.2. The number of aromatic amines is 1. The van der Waals surface area contributed by atoms with Gasteiger partial charge in [-0.05, 0) is 47.1 Å². The standard InChI is InChI=1S/C27H30N2O5S2/c1-27(2,3)13-8-6-12(7-9-13)17-18-14-11-15(21(18)35-23-22(17)36-26(34)28-23)20-19(14)24(32)29(25(20)33)10-4-5-16(30)31/h6-9,14-15,17-21H,4-5,10-11H2,1-3H3,(H,28,34)(H,30,31)/t14-,15+,17+,18-,19+,20+,21-/m1/s1. The van der Waals surface area contributed by atoms with E-state index in [4.69, 9.17) is 5.11 Å². The monoisotopic (exact) mass is 526 g/mol. The van der Waals surface area contributed by atoms with Crippen molar-refractivity contribution in [3.63, 3.8) is 0 Å². The van der Waals surface area contributed by atoms with Gasteiger partial charge in [-0.2, -0.15) is 0 Å². The molecule has 4 aliphatic rings. The lowest BCUT2D eigenvalue weighted by atomic mass is 9.68. The van der Waals surface area contributed by atoms with E-state index < -0.39 is 5.97 Å². The van der Waals surface area contributed by atoms with E-state index in [2.05, 4.69) is 50.0 Å². The van der Waals surface area contributed by atoms with Crippen LogP contribution in [0.2, 0.25) is 0 Å². The molecule has 2 aliphatic heterocycles. The molecule has 1 aromatic heterocycles. The predicted octanol–water partition coefficient (Wildman–Crippen LogP) is 4.07. The van der Waals surface area contributed by atoms with Crippen molar-refractivity contribution in [3.05, 3.63) is 49.9 Å². The van der Waals surface area contributed by atoms with Crippen LogP contribution in [-0.2, 0) is 19.8 Å². The molecule has 36 heavy (non-hydrogen) atoms. The summed E-state index contributed by atoms with van der Waals surface area (Å²) in [5.74, 6) is -1.46. The van der Waals surface area contributed by atoms with Crippen molar-refractivity contribution < 1.29 is 19.5 Å². The number of amides is 2. The highest BCUT2D eigenvalue weighted by Gasteiger charge is 2.69. The summed E-state index contributed by atoms with van der Waals surface area (Å²) < 4.78 is 0. The number of hydrogen-bond donors (Lipinski definition) is 2. The van der Waals surface area contributed by atoms with Crippen LogP contribution < -0.4 is 4.87 Å². The van der Waals surface area contributed by atoms with Crippen molar-refractivity contribution in [1.82, 2.24) is 9.88 Å². The van der Waals surface area contributed by atoms with Gasteiger partial charge in [0.1, 0.15) is 0 Å². The van der Waals surface area contributed by atoms with Crippen LogP contribution in [0.25, 0.3) is 0 Å². The van der Waals surface area contributed by atoms with Crippen LogP contribution in [-0.4, -0.2) is 44.6 Å². The van der Waals surface area contributed by atoms with Gasteiger partial charge in [0, 0.05) is 29.0 Å². The molecule has 0 spiro atoms. The number of carbonyl (C=O) groups is 3. The Morgan fingerprint density at radius 3 is 2.39 bits per heavy atom. The van der Waals surface area contributed by atoms with Gasteiger partial charge < -0.3 is 10.1 Å². The lowest BCUT2D eigenvalue weighted by molar-refractivity contribution is -0.142. The fraction of sp³-hybridized carbons (Fsp3) is 0.556. The van der Waals surface area contributed by atoms with Gasteiger partial charge in [-0.15, -0.1) is 11.8 Å². The molecule has 6 rings (SSSR count). The summed E-state index contributed by atoms with van der Waals surface area (Å²) in [6.45, 7) is 6.74. The molecular weight excluding hydrogens is 496 g/mol. The van der Waals surface area contributed by atoms with Gasteiger partial charge in [0.25, 0.3) is 0 Å². The Kier molecular flexibility index (Phi) is 5.54. The minimum atomic E-state index is -0.919. The average Bonchev–Trinajstić information content (AvgIpc) is 3.53. The van der Waals surface area contributed by atoms with E-state index in [1.54, 1.807) is 11.8 Å². The Balaban J connectivity index is 1.36. The van der Waals surface area contributed by atoms with Gasteiger partial charge in [0.15, 0.2) is 0 Å². The summed E-state index contributed by atoms with van der Waals surface area (Å²) in [7, 11) is 0. The summed E-state index contributed by atoms with van der Waals surface area (Å²) >= 11 is 2.96. The second-order valence-corrected chi connectivity index (χ2v) is 13.9. The summed E-state index contributed by atoms with van der Waals surface area (Å²) in [5.41, 5.74) is 2.44. The highest BCUT2D eigenvalue weighted by molar-refractivity contribution is 8.00. The number of H-pyrrole nitrogens is 1. The van der Waals surface area contributed by atoms with Crippen LogP contribution in [0.15, 0.2) is 34.1 Å². The maximum Gasteiger partial charge on any atom is 0.305 e. The van der Waals surface area contributed by atoms with Crippen LogP contribution in [0, 0.1) is 29.6 Å². The molecule has 3 heterocycles. The van der Waals surface area contributed by atoms with Crippen molar-refractivity contribution in [2.24, 2.45) is 29.6 Å². The molecule has 7 nitrogen and oxygen atoms in total. The Morgan fingerprint density at radius 1 is 1.08 bits per heavy atom. The molecule has 1 saturated heterocycles. The quantitative estimate of drug-likeness (QED) is 0.569. The molecule has 1 aromatic carbocycles. The van der Waals surface area contributed by atoms with Crippen molar-refractivity contribution >= 4 is 40.9 Å². The number of hydrogen-bond acceptors (Lipinski definition) is 6. The van der Waals surface area contributed by atoms with E-state index in [0.717, 1.165) is 21.9 Å². The zero-order valence-electron chi connectivity index (χ0n) is 20.5. The summed E-state index contributed by atoms with van der Waals surface area (Å²) in [5, 5.41) is 10.1. The average molecular weight is 527 g/mol. The molecule has 2 N–H and O–H groups in total. The van der Waals surface area contributed by atoms with Crippen LogP contribution in [0.4, 0.5) is 0 Å². The summed E-state index contributed by atoms with van der Waals surface area (Å²) in [6.07, 6.45) is 1.08. The van der Waals surface area contributed by atoms with Crippen LogP contribution in [0.5, 0.6) is 0 Å². The minimum Gasteiger partial charge on any atom is -0.481 e. The van der Waals surface area contributed by atoms with E-state index in [1.165, 1.54) is 21.8 Å². The summed E-state index contributed by atoms with van der Waals surface area (Å²) in [6, 6.07) is 8.70. The fourth-order valence-corrected chi connectivity index (χ4v) is 10.1. The first-order chi connectivity index (χ1) is 17.1. The first kappa shape index (κ1) is 24.0. The van der Waals surface area contributed by atoms with E-state index in [0.29, 0.717) is 0 Å². The molecular formula is C27H30N2O5S2. The minimum absolute atomic E-state index is 0.0177. The maximum absolute atomic E-state index is 13.5. The number of aromatic nitrogens is 1. The highest BCUT2D eigenvalue weighted by Crippen LogP contribution is 2.68. The fourth-order valence-electron chi connectivity index (χ4n) is 7.25. The van der Waals surface area contributed by atoms with Gasteiger partial charge in [-0.1, -0.05) is 56.4 Å². The van der Waals surface area contributed by atoms with Crippen molar-refractivity contribution in [2.45, 2.75) is 61.6 Å². The van der Waals surface area contributed by atoms with Gasteiger partial charge in [0.05, 0.1) is 16.9 Å². The molecule has 0 unspecified atom stereocenters. The van der Waals surface area contributed by atoms with Crippen LogP contribution in [0.1, 0.15) is 62.0 Å². The Bertz CT molecular complexity index is 1310. The second kappa shape index (κ2) is 8.31. The third-order valence-corrected chi connectivity index (χ3v) is 11.3. The van der Waals surface area contributed by atoms with Crippen LogP contribution in [0.3, 0.4) is 0 Å². The predicted molar refractivity (Wildman–Crippen MR) is 137 cm³/mol. The lowest BCUT2D eigenvalue weighted by Crippen LogP contribution is -2.42. The first-order valence-electron chi connectivity index (χ1n) is 12.6. The van der Waals surface area contributed by atoms with E-state index in [1.807, 2.05) is 0 Å². The molecule has 2 amide bonds. The molecule has 2 aromatic rings. The molecule has 2 aliphatic carbocycles.